The van der Waals surface area contributed by atoms with Gasteiger partial charge in [-0.2, -0.15) is 0 Å². The van der Waals surface area contributed by atoms with E-state index in [1.807, 2.05) is 6.07 Å². The molecule has 2 aliphatic heterocycles. The number of thioether (sulfide) groups is 1. The lowest BCUT2D eigenvalue weighted by Crippen LogP contribution is -2.47. The molecule has 0 atom stereocenters. The highest BCUT2D eigenvalue weighted by Gasteiger charge is 2.22. The molecule has 2 aromatic rings. The molecular weight excluding hydrogens is 456 g/mol. The molecule has 35 heavy (non-hydrogen) atoms. The summed E-state index contributed by atoms with van der Waals surface area (Å²) in [5.74, 6) is 0.313. The highest BCUT2D eigenvalue weighted by atomic mass is 32.2. The molecule has 2 N–H and O–H groups in total. The smallest absolute Gasteiger partial charge is 0.125 e. The second kappa shape index (κ2) is 12.0. The molecule has 6 nitrogen and oxygen atoms in total. The predicted octanol–water partition coefficient (Wildman–Crippen LogP) is 4.32. The summed E-state index contributed by atoms with van der Waals surface area (Å²) in [6.07, 6.45) is 4.46. The summed E-state index contributed by atoms with van der Waals surface area (Å²) < 4.78 is 0. The molecule has 2 aliphatic rings. The Bertz CT molecular complexity index is 1060. The Hall–Kier alpha value is -2.45. The minimum absolute atomic E-state index is 0.216. The molecule has 0 bridgehead atoms. The number of nitrogens with zero attached hydrogens (tertiary/aromatic N) is 4. The Morgan fingerprint density at radius 1 is 1.03 bits per heavy atom. The van der Waals surface area contributed by atoms with Crippen molar-refractivity contribution in [2.75, 3.05) is 75.8 Å². The van der Waals surface area contributed by atoms with Gasteiger partial charge in [-0.1, -0.05) is 30.0 Å². The predicted molar refractivity (Wildman–Crippen MR) is 148 cm³/mol. The number of piperazine rings is 1. The van der Waals surface area contributed by atoms with Gasteiger partial charge in [0.25, 0.3) is 0 Å². The van der Waals surface area contributed by atoms with E-state index < -0.39 is 0 Å². The van der Waals surface area contributed by atoms with Crippen molar-refractivity contribution in [3.8, 4) is 5.75 Å². The van der Waals surface area contributed by atoms with E-state index in [0.717, 1.165) is 74.2 Å². The number of phenolic OH excluding ortho intramolecular Hbond substituents is 1. The van der Waals surface area contributed by atoms with Gasteiger partial charge in [-0.3, -0.25) is 9.80 Å². The Labute approximate surface area is 214 Å². The van der Waals surface area contributed by atoms with Crippen LogP contribution < -0.4 is 9.80 Å². The Morgan fingerprint density at radius 2 is 1.74 bits per heavy atom. The van der Waals surface area contributed by atoms with Gasteiger partial charge in [-0.05, 0) is 49.8 Å². The molecule has 188 valence electrons. The average Bonchev–Trinajstić information content (AvgIpc) is 3.19. The van der Waals surface area contributed by atoms with Gasteiger partial charge in [-0.15, -0.1) is 0 Å². The van der Waals surface area contributed by atoms with Gasteiger partial charge in [-0.25, -0.2) is 0 Å². The topological polar surface area (TPSA) is 53.4 Å². The van der Waals surface area contributed by atoms with Crippen molar-refractivity contribution in [2.45, 2.75) is 18.7 Å². The summed E-state index contributed by atoms with van der Waals surface area (Å²) in [5.41, 5.74) is 4.15. The molecule has 0 unspecified atom stereocenters. The molecule has 0 spiro atoms. The second-order valence-electron chi connectivity index (χ2n) is 9.01. The standard InChI is InChI=1S/C28H38N4O2S/c1-4-32(5-2)23-10-11-24(26(34)21-23)22(12-13-30-14-16-31(17-15-30)18-19-33)20-28-29(3)25-8-6-7-9-27(25)35-28/h6-12,20-21,33-34H,4-5,13-19H2,1-3H3/b22-12-,28-20-. The fourth-order valence-electron chi connectivity index (χ4n) is 4.74. The summed E-state index contributed by atoms with van der Waals surface area (Å²) in [5, 5.41) is 21.5. The van der Waals surface area contributed by atoms with Crippen LogP contribution in [-0.4, -0.2) is 86.0 Å². The summed E-state index contributed by atoms with van der Waals surface area (Å²) in [7, 11) is 2.10. The summed E-state index contributed by atoms with van der Waals surface area (Å²) in [6, 6.07) is 14.5. The zero-order valence-corrected chi connectivity index (χ0v) is 22.0. The number of phenols is 1. The van der Waals surface area contributed by atoms with E-state index in [0.29, 0.717) is 5.75 Å². The number of benzene rings is 2. The first-order valence-electron chi connectivity index (χ1n) is 12.6. The average molecular weight is 495 g/mol. The molecule has 2 heterocycles. The van der Waals surface area contributed by atoms with Crippen molar-refractivity contribution >= 4 is 28.7 Å². The SMILES string of the molecule is CCN(CC)c1ccc(C(=C\CN2CCN(CCO)CC2)/C=C2\Sc3ccccc3N2C)c(O)c1. The number of hydrogen-bond acceptors (Lipinski definition) is 7. The lowest BCUT2D eigenvalue weighted by Gasteiger charge is -2.33. The Balaban J connectivity index is 1.61. The molecule has 4 rings (SSSR count). The number of aliphatic hydroxyl groups is 1. The maximum atomic E-state index is 11.1. The third-order valence-corrected chi connectivity index (χ3v) is 8.09. The number of hydrogen-bond donors (Lipinski definition) is 2. The highest BCUT2D eigenvalue weighted by Crippen LogP contribution is 2.46. The van der Waals surface area contributed by atoms with Crippen molar-refractivity contribution in [1.82, 2.24) is 9.80 Å². The maximum Gasteiger partial charge on any atom is 0.125 e. The first kappa shape index (κ1) is 25.6. The number of anilines is 2. The summed E-state index contributed by atoms with van der Waals surface area (Å²) in [4.78, 5) is 10.5. The van der Waals surface area contributed by atoms with Gasteiger partial charge in [0.1, 0.15) is 5.75 Å². The van der Waals surface area contributed by atoms with E-state index in [4.69, 9.17) is 0 Å². The van der Waals surface area contributed by atoms with Gasteiger partial charge in [0.2, 0.25) is 0 Å². The van der Waals surface area contributed by atoms with Crippen LogP contribution in [0.15, 0.2) is 64.5 Å². The fourth-order valence-corrected chi connectivity index (χ4v) is 5.84. The molecule has 1 fully saturated rings. The van der Waals surface area contributed by atoms with Crippen molar-refractivity contribution in [3.63, 3.8) is 0 Å². The Morgan fingerprint density at radius 3 is 2.40 bits per heavy atom. The zero-order chi connectivity index (χ0) is 24.8. The van der Waals surface area contributed by atoms with Crippen LogP contribution in [0, 0.1) is 0 Å². The quantitative estimate of drug-likeness (QED) is 0.539. The number of rotatable bonds is 9. The van der Waals surface area contributed by atoms with E-state index in [2.05, 4.69) is 89.0 Å². The first-order valence-corrected chi connectivity index (χ1v) is 13.4. The number of aromatic hydroxyl groups is 1. The lowest BCUT2D eigenvalue weighted by molar-refractivity contribution is 0.120. The third-order valence-electron chi connectivity index (χ3n) is 6.92. The number of para-hydroxylation sites is 1. The molecule has 1 saturated heterocycles. The second-order valence-corrected chi connectivity index (χ2v) is 10.1. The fraction of sp³-hybridized carbons (Fsp3) is 0.429. The lowest BCUT2D eigenvalue weighted by atomic mass is 10.0. The van der Waals surface area contributed by atoms with Crippen molar-refractivity contribution < 1.29 is 10.2 Å². The van der Waals surface area contributed by atoms with Gasteiger partial charge >= 0.3 is 0 Å². The number of β-amino-alcohol motifs (C(OH)–C–C–N with tert-alkyl or cyclic N) is 1. The normalized spacial score (nSPS) is 18.3. The van der Waals surface area contributed by atoms with E-state index in [1.54, 1.807) is 11.8 Å². The van der Waals surface area contributed by atoms with Crippen LogP contribution in [-0.2, 0) is 0 Å². The van der Waals surface area contributed by atoms with E-state index in [1.165, 1.54) is 10.6 Å². The van der Waals surface area contributed by atoms with Crippen LogP contribution in [0.2, 0.25) is 0 Å². The third kappa shape index (κ3) is 6.04. The first-order chi connectivity index (χ1) is 17.0. The Kier molecular flexibility index (Phi) is 8.78. The number of aliphatic hydroxyl groups excluding tert-OH is 1. The van der Waals surface area contributed by atoms with E-state index in [9.17, 15) is 10.2 Å². The highest BCUT2D eigenvalue weighted by molar-refractivity contribution is 8.03. The molecule has 2 aromatic carbocycles. The monoisotopic (exact) mass is 494 g/mol. The minimum Gasteiger partial charge on any atom is -0.507 e. The van der Waals surface area contributed by atoms with Crippen LogP contribution in [0.4, 0.5) is 11.4 Å². The molecule has 0 aliphatic carbocycles. The molecular formula is C28H38N4O2S. The van der Waals surface area contributed by atoms with Gasteiger partial charge in [0, 0.05) is 81.6 Å². The largest absolute Gasteiger partial charge is 0.507 e. The van der Waals surface area contributed by atoms with Gasteiger partial charge in [0.15, 0.2) is 0 Å². The van der Waals surface area contributed by atoms with Crippen molar-refractivity contribution in [3.05, 3.63) is 65.2 Å². The van der Waals surface area contributed by atoms with Crippen LogP contribution in [0.1, 0.15) is 19.4 Å². The van der Waals surface area contributed by atoms with Gasteiger partial charge < -0.3 is 20.0 Å². The molecule has 0 radical (unpaired) electrons. The van der Waals surface area contributed by atoms with Gasteiger partial charge in [0.05, 0.1) is 17.3 Å². The van der Waals surface area contributed by atoms with E-state index in [-0.39, 0.29) is 6.61 Å². The molecule has 0 aromatic heterocycles. The summed E-state index contributed by atoms with van der Waals surface area (Å²) >= 11 is 1.77. The number of allylic oxidation sites excluding steroid dienone is 2. The van der Waals surface area contributed by atoms with Crippen LogP contribution in [0.3, 0.4) is 0 Å². The maximum absolute atomic E-state index is 11.1. The van der Waals surface area contributed by atoms with Crippen molar-refractivity contribution in [2.24, 2.45) is 0 Å². The summed E-state index contributed by atoms with van der Waals surface area (Å²) in [6.45, 7) is 11.8. The molecule has 0 amide bonds. The number of fused-ring (bicyclic) bond motifs is 1. The molecule has 0 saturated carbocycles. The van der Waals surface area contributed by atoms with Crippen LogP contribution >= 0.6 is 11.8 Å². The zero-order valence-electron chi connectivity index (χ0n) is 21.2. The van der Waals surface area contributed by atoms with Crippen molar-refractivity contribution in [1.29, 1.82) is 0 Å². The van der Waals surface area contributed by atoms with E-state index >= 15 is 0 Å². The van der Waals surface area contributed by atoms with Crippen LogP contribution in [0.5, 0.6) is 5.75 Å². The minimum atomic E-state index is 0.216. The molecule has 7 heteroatoms. The van der Waals surface area contributed by atoms with Crippen LogP contribution in [0.25, 0.3) is 5.57 Å².